The summed E-state index contributed by atoms with van der Waals surface area (Å²) in [6.45, 7) is 1.38. The van der Waals surface area contributed by atoms with Crippen molar-refractivity contribution in [2.24, 2.45) is 0 Å². The highest BCUT2D eigenvalue weighted by Crippen LogP contribution is 2.39. The maximum Gasteiger partial charge on any atom is 0.266 e. The molecular weight excluding hydrogens is 325 g/mol. The molecule has 1 aliphatic heterocycles. The first kappa shape index (κ1) is 14.8. The highest BCUT2D eigenvalue weighted by atomic mass is 35.5. The molecule has 0 fully saturated rings. The smallest absolute Gasteiger partial charge is 0.266 e. The third-order valence-corrected chi connectivity index (χ3v) is 4.02. The predicted molar refractivity (Wildman–Crippen MR) is 84.0 cm³/mol. The van der Waals surface area contributed by atoms with Crippen LogP contribution in [-0.4, -0.2) is 17.6 Å². The van der Waals surface area contributed by atoms with Crippen LogP contribution in [-0.2, 0) is 0 Å². The number of rotatable bonds is 2. The maximum absolute atomic E-state index is 12.5. The van der Waals surface area contributed by atoms with E-state index in [0.717, 1.165) is 4.90 Å². The molecule has 2 amide bonds. The largest absolute Gasteiger partial charge is 0.295 e. The molecule has 0 aliphatic carbocycles. The van der Waals surface area contributed by atoms with Crippen LogP contribution in [0, 0.1) is 0 Å². The summed E-state index contributed by atoms with van der Waals surface area (Å²) >= 11 is 12.3. The van der Waals surface area contributed by atoms with Crippen LogP contribution in [0.2, 0.25) is 10.0 Å². The van der Waals surface area contributed by atoms with Crippen LogP contribution >= 0.6 is 23.2 Å². The van der Waals surface area contributed by atoms with Crippen LogP contribution in [0.3, 0.4) is 0 Å². The van der Waals surface area contributed by atoms with E-state index in [1.807, 2.05) is 0 Å². The van der Waals surface area contributed by atoms with Gasteiger partial charge in [0.15, 0.2) is 5.78 Å². The number of nitrogens with zero attached hydrogens (tertiary/aromatic N) is 1. The number of hydrogen-bond acceptors (Lipinski definition) is 3. The molecule has 4 nitrogen and oxygen atoms in total. The molecule has 0 N–H and O–H groups in total. The van der Waals surface area contributed by atoms with Crippen LogP contribution < -0.4 is 4.90 Å². The minimum Gasteiger partial charge on any atom is -0.295 e. The molecule has 0 aromatic heterocycles. The van der Waals surface area contributed by atoms with E-state index in [-0.39, 0.29) is 21.5 Å². The molecule has 1 heterocycles. The van der Waals surface area contributed by atoms with Gasteiger partial charge in [0, 0.05) is 5.56 Å². The van der Waals surface area contributed by atoms with Gasteiger partial charge >= 0.3 is 0 Å². The zero-order valence-electron chi connectivity index (χ0n) is 11.4. The Hall–Kier alpha value is -2.17. The predicted octanol–water partition coefficient (Wildman–Crippen LogP) is 4.00. The van der Waals surface area contributed by atoms with E-state index in [2.05, 4.69) is 0 Å². The Kier molecular flexibility index (Phi) is 3.51. The van der Waals surface area contributed by atoms with Gasteiger partial charge in [0.25, 0.3) is 11.8 Å². The molecule has 0 bridgehead atoms. The number of anilines is 1. The number of carbonyl (C=O) groups excluding carboxylic acids is 3. The first-order valence-electron chi connectivity index (χ1n) is 6.39. The van der Waals surface area contributed by atoms with Crippen molar-refractivity contribution in [2.45, 2.75) is 6.92 Å². The van der Waals surface area contributed by atoms with E-state index in [9.17, 15) is 14.4 Å². The molecule has 2 aromatic carbocycles. The average molecular weight is 334 g/mol. The molecule has 110 valence electrons. The summed E-state index contributed by atoms with van der Waals surface area (Å²) in [5.41, 5.74) is 1.01. The number of carbonyl (C=O) groups is 3. The zero-order valence-corrected chi connectivity index (χ0v) is 12.9. The van der Waals surface area contributed by atoms with Crippen molar-refractivity contribution in [1.82, 2.24) is 0 Å². The number of Topliss-reactive ketones (excluding diaryl/α,β-unsaturated/α-hetero) is 1. The van der Waals surface area contributed by atoms with Crippen molar-refractivity contribution in [3.05, 3.63) is 63.1 Å². The van der Waals surface area contributed by atoms with Gasteiger partial charge in [0.1, 0.15) is 0 Å². The fraction of sp³-hybridized carbons (Fsp3) is 0.0625. The standard InChI is InChI=1S/C16H9Cl2NO3/c1-8(20)9-6-12(17)14(13(18)7-9)19-15(21)10-4-2-3-5-11(10)16(19)22/h2-7H,1H3. The van der Waals surface area contributed by atoms with Crippen molar-refractivity contribution in [3.63, 3.8) is 0 Å². The fourth-order valence-corrected chi connectivity index (χ4v) is 3.03. The van der Waals surface area contributed by atoms with Crippen LogP contribution in [0.1, 0.15) is 38.0 Å². The topological polar surface area (TPSA) is 54.5 Å². The highest BCUT2D eigenvalue weighted by Gasteiger charge is 2.38. The van der Waals surface area contributed by atoms with E-state index in [0.29, 0.717) is 16.7 Å². The Balaban J connectivity index is 2.16. The minimum atomic E-state index is -0.486. The van der Waals surface area contributed by atoms with E-state index < -0.39 is 11.8 Å². The van der Waals surface area contributed by atoms with Gasteiger partial charge in [0.2, 0.25) is 0 Å². The lowest BCUT2D eigenvalue weighted by Gasteiger charge is -2.18. The van der Waals surface area contributed by atoms with Gasteiger partial charge in [-0.3, -0.25) is 14.4 Å². The number of amides is 2. The first-order chi connectivity index (χ1) is 10.4. The highest BCUT2D eigenvalue weighted by molar-refractivity contribution is 6.45. The molecule has 0 spiro atoms. The van der Waals surface area contributed by atoms with Gasteiger partial charge < -0.3 is 0 Å². The lowest BCUT2D eigenvalue weighted by Crippen LogP contribution is -2.30. The Labute approximate surface area is 136 Å². The molecule has 1 aliphatic rings. The average Bonchev–Trinajstić information content (AvgIpc) is 2.72. The maximum atomic E-state index is 12.5. The number of imide groups is 1. The van der Waals surface area contributed by atoms with Gasteiger partial charge in [-0.25, -0.2) is 4.90 Å². The second-order valence-corrected chi connectivity index (χ2v) is 5.65. The second-order valence-electron chi connectivity index (χ2n) is 4.84. The van der Waals surface area contributed by atoms with Crippen LogP contribution in [0.15, 0.2) is 36.4 Å². The van der Waals surface area contributed by atoms with Crippen molar-refractivity contribution >= 4 is 46.5 Å². The molecule has 0 saturated heterocycles. The quantitative estimate of drug-likeness (QED) is 0.616. The molecule has 0 unspecified atom stereocenters. The first-order valence-corrected chi connectivity index (χ1v) is 7.15. The number of hydrogen-bond donors (Lipinski definition) is 0. The Morgan fingerprint density at radius 3 is 1.82 bits per heavy atom. The number of halogens is 2. The lowest BCUT2D eigenvalue weighted by atomic mass is 10.1. The van der Waals surface area contributed by atoms with Crippen molar-refractivity contribution < 1.29 is 14.4 Å². The molecular formula is C16H9Cl2NO3. The Bertz CT molecular complexity index is 787. The summed E-state index contributed by atoms with van der Waals surface area (Å²) in [7, 11) is 0. The van der Waals surface area contributed by atoms with Crippen LogP contribution in [0.4, 0.5) is 5.69 Å². The zero-order chi connectivity index (χ0) is 16.0. The monoisotopic (exact) mass is 333 g/mol. The molecule has 6 heteroatoms. The molecule has 2 aromatic rings. The molecule has 0 atom stereocenters. The van der Waals surface area contributed by atoms with Gasteiger partial charge in [-0.15, -0.1) is 0 Å². The third kappa shape index (κ3) is 2.12. The summed E-state index contributed by atoms with van der Waals surface area (Å²) < 4.78 is 0. The molecule has 22 heavy (non-hydrogen) atoms. The number of fused-ring (bicyclic) bond motifs is 1. The third-order valence-electron chi connectivity index (χ3n) is 3.44. The van der Waals surface area contributed by atoms with E-state index in [1.54, 1.807) is 24.3 Å². The summed E-state index contributed by atoms with van der Waals surface area (Å²) in [6.07, 6.45) is 0. The van der Waals surface area contributed by atoms with Crippen molar-refractivity contribution in [2.75, 3.05) is 4.90 Å². The minimum absolute atomic E-state index is 0.0761. The van der Waals surface area contributed by atoms with Gasteiger partial charge in [-0.1, -0.05) is 35.3 Å². The summed E-state index contributed by atoms with van der Waals surface area (Å²) in [6, 6.07) is 9.29. The summed E-state index contributed by atoms with van der Waals surface area (Å²) in [5.74, 6) is -1.18. The van der Waals surface area contributed by atoms with Gasteiger partial charge in [0.05, 0.1) is 26.9 Å². The number of ketones is 1. The second kappa shape index (κ2) is 5.23. The fourth-order valence-electron chi connectivity index (χ4n) is 2.37. The van der Waals surface area contributed by atoms with Crippen LogP contribution in [0.5, 0.6) is 0 Å². The van der Waals surface area contributed by atoms with E-state index in [1.165, 1.54) is 19.1 Å². The van der Waals surface area contributed by atoms with Crippen molar-refractivity contribution in [1.29, 1.82) is 0 Å². The SMILES string of the molecule is CC(=O)c1cc(Cl)c(N2C(=O)c3ccccc3C2=O)c(Cl)c1. The Morgan fingerprint density at radius 1 is 0.955 bits per heavy atom. The molecule has 3 rings (SSSR count). The molecule has 0 saturated carbocycles. The number of benzene rings is 2. The molecule has 0 radical (unpaired) electrons. The lowest BCUT2D eigenvalue weighted by molar-refractivity contribution is 0.0925. The van der Waals surface area contributed by atoms with E-state index >= 15 is 0 Å². The normalized spacial score (nSPS) is 13.5. The van der Waals surface area contributed by atoms with Gasteiger partial charge in [-0.05, 0) is 31.2 Å². The Morgan fingerprint density at radius 2 is 1.41 bits per heavy atom. The summed E-state index contributed by atoms with van der Waals surface area (Å²) in [5, 5.41) is 0.152. The van der Waals surface area contributed by atoms with Crippen molar-refractivity contribution in [3.8, 4) is 0 Å². The van der Waals surface area contributed by atoms with Crippen LogP contribution in [0.25, 0.3) is 0 Å². The van der Waals surface area contributed by atoms with Gasteiger partial charge in [-0.2, -0.15) is 0 Å². The summed E-state index contributed by atoms with van der Waals surface area (Å²) in [4.78, 5) is 37.3. The van der Waals surface area contributed by atoms with E-state index in [4.69, 9.17) is 23.2 Å².